The quantitative estimate of drug-likeness (QED) is 0.270. The molecule has 0 saturated heterocycles. The van der Waals surface area contributed by atoms with E-state index in [4.69, 9.17) is 28.4 Å². The van der Waals surface area contributed by atoms with Crippen molar-refractivity contribution < 1.29 is 33.2 Å². The molecular formula is C29H31NO7. The van der Waals surface area contributed by atoms with Gasteiger partial charge in [-0.2, -0.15) is 0 Å². The first-order valence-corrected chi connectivity index (χ1v) is 11.3. The van der Waals surface area contributed by atoms with Crippen molar-refractivity contribution in [2.24, 2.45) is 0 Å². The first kappa shape index (κ1) is 27.0. The number of nitrogens with one attached hydrogen (secondary N) is 1. The van der Waals surface area contributed by atoms with E-state index in [1.807, 2.05) is 42.5 Å². The van der Waals surface area contributed by atoms with E-state index in [9.17, 15) is 4.79 Å². The van der Waals surface area contributed by atoms with Crippen LogP contribution in [-0.4, -0.2) is 48.6 Å². The van der Waals surface area contributed by atoms with Gasteiger partial charge in [0.1, 0.15) is 5.75 Å². The molecule has 8 heteroatoms. The Labute approximate surface area is 217 Å². The van der Waals surface area contributed by atoms with Gasteiger partial charge >= 0.3 is 0 Å². The summed E-state index contributed by atoms with van der Waals surface area (Å²) in [6.07, 6.45) is 6.96. The van der Waals surface area contributed by atoms with Gasteiger partial charge in [-0.05, 0) is 59.2 Å². The molecule has 0 spiro atoms. The van der Waals surface area contributed by atoms with Crippen molar-refractivity contribution in [1.29, 1.82) is 0 Å². The van der Waals surface area contributed by atoms with Crippen molar-refractivity contribution in [1.82, 2.24) is 0 Å². The monoisotopic (exact) mass is 505 g/mol. The molecule has 3 rings (SSSR count). The summed E-state index contributed by atoms with van der Waals surface area (Å²) in [4.78, 5) is 12.7. The number of carbonyl (C=O) groups excluding carboxylic acids is 1. The Bertz CT molecular complexity index is 1270. The molecule has 0 heterocycles. The fourth-order valence-corrected chi connectivity index (χ4v) is 3.62. The predicted molar refractivity (Wildman–Crippen MR) is 145 cm³/mol. The molecule has 0 radical (unpaired) electrons. The van der Waals surface area contributed by atoms with Crippen LogP contribution >= 0.6 is 0 Å². The molecule has 0 bridgehead atoms. The van der Waals surface area contributed by atoms with Gasteiger partial charge in [-0.15, -0.1) is 0 Å². The van der Waals surface area contributed by atoms with Crippen LogP contribution in [0.1, 0.15) is 16.7 Å². The standard InChI is InChI=1S/C29H31NO7/c1-32-23-12-9-19(7-8-21-17-26(35-4)29(37-6)27(18-21)36-5)15-22(23)30-28(31)14-11-20-10-13-24(33-2)25(16-20)34-3/h7-18H,1-6H3,(H,30,31)/b8-7+,14-11+. The van der Waals surface area contributed by atoms with Gasteiger partial charge in [0.15, 0.2) is 23.0 Å². The molecule has 0 aromatic heterocycles. The number of methoxy groups -OCH3 is 6. The fourth-order valence-electron chi connectivity index (χ4n) is 3.62. The van der Waals surface area contributed by atoms with E-state index in [0.717, 1.165) is 16.7 Å². The second kappa shape index (κ2) is 12.9. The zero-order valence-corrected chi connectivity index (χ0v) is 21.8. The molecule has 37 heavy (non-hydrogen) atoms. The molecule has 0 unspecified atom stereocenters. The number of benzene rings is 3. The molecule has 0 aliphatic carbocycles. The minimum atomic E-state index is -0.307. The minimum Gasteiger partial charge on any atom is -0.495 e. The summed E-state index contributed by atoms with van der Waals surface area (Å²) in [5.41, 5.74) is 3.04. The van der Waals surface area contributed by atoms with Gasteiger partial charge in [0, 0.05) is 6.08 Å². The molecule has 3 aromatic rings. The van der Waals surface area contributed by atoms with Crippen LogP contribution in [0, 0.1) is 0 Å². The van der Waals surface area contributed by atoms with Crippen molar-refractivity contribution in [3.63, 3.8) is 0 Å². The normalized spacial score (nSPS) is 10.9. The molecule has 1 N–H and O–H groups in total. The van der Waals surface area contributed by atoms with E-state index in [2.05, 4.69) is 5.32 Å². The fraction of sp³-hybridized carbons (Fsp3) is 0.207. The van der Waals surface area contributed by atoms with E-state index in [-0.39, 0.29) is 5.91 Å². The summed E-state index contributed by atoms with van der Waals surface area (Å²) >= 11 is 0. The lowest BCUT2D eigenvalue weighted by molar-refractivity contribution is -0.111. The third kappa shape index (κ3) is 6.76. The van der Waals surface area contributed by atoms with Gasteiger partial charge < -0.3 is 33.7 Å². The van der Waals surface area contributed by atoms with Crippen LogP contribution in [0.4, 0.5) is 5.69 Å². The summed E-state index contributed by atoms with van der Waals surface area (Å²) in [6.45, 7) is 0. The third-order valence-electron chi connectivity index (χ3n) is 5.47. The lowest BCUT2D eigenvalue weighted by Gasteiger charge is -2.13. The number of rotatable bonds is 11. The Kier molecular flexibility index (Phi) is 9.43. The van der Waals surface area contributed by atoms with Crippen LogP contribution in [-0.2, 0) is 4.79 Å². The molecule has 0 aliphatic rings. The van der Waals surface area contributed by atoms with Crippen LogP contribution in [0.3, 0.4) is 0 Å². The smallest absolute Gasteiger partial charge is 0.248 e. The van der Waals surface area contributed by atoms with E-state index in [0.29, 0.717) is 40.2 Å². The third-order valence-corrected chi connectivity index (χ3v) is 5.47. The topological polar surface area (TPSA) is 84.5 Å². The SMILES string of the molecule is COc1ccc(/C=C/c2cc(OC)c(OC)c(OC)c2)cc1NC(=O)/C=C/c1ccc(OC)c(OC)c1. The van der Waals surface area contributed by atoms with Crippen LogP contribution in [0.25, 0.3) is 18.2 Å². The van der Waals surface area contributed by atoms with Gasteiger partial charge in [-0.1, -0.05) is 24.3 Å². The highest BCUT2D eigenvalue weighted by Crippen LogP contribution is 2.38. The number of hydrogen-bond donors (Lipinski definition) is 1. The summed E-state index contributed by atoms with van der Waals surface area (Å²) in [6, 6.07) is 14.6. The second-order valence-electron chi connectivity index (χ2n) is 7.69. The lowest BCUT2D eigenvalue weighted by Crippen LogP contribution is -2.09. The average molecular weight is 506 g/mol. The summed E-state index contributed by atoms with van der Waals surface area (Å²) in [5.74, 6) is 3.08. The highest BCUT2D eigenvalue weighted by Gasteiger charge is 2.12. The number of amides is 1. The molecule has 194 valence electrons. The highest BCUT2D eigenvalue weighted by atomic mass is 16.5. The molecule has 0 atom stereocenters. The van der Waals surface area contributed by atoms with Crippen molar-refractivity contribution in [2.75, 3.05) is 48.0 Å². The Hall–Kier alpha value is -4.59. The Balaban J connectivity index is 1.80. The van der Waals surface area contributed by atoms with Gasteiger partial charge in [0.05, 0.1) is 48.3 Å². The van der Waals surface area contributed by atoms with Crippen LogP contribution < -0.4 is 33.7 Å². The highest BCUT2D eigenvalue weighted by molar-refractivity contribution is 6.03. The number of carbonyl (C=O) groups is 1. The van der Waals surface area contributed by atoms with Gasteiger partial charge in [0.25, 0.3) is 0 Å². The lowest BCUT2D eigenvalue weighted by atomic mass is 10.1. The average Bonchev–Trinajstić information content (AvgIpc) is 2.94. The van der Waals surface area contributed by atoms with Crippen molar-refractivity contribution in [3.05, 3.63) is 71.3 Å². The predicted octanol–water partition coefficient (Wildman–Crippen LogP) is 5.56. The van der Waals surface area contributed by atoms with Crippen LogP contribution in [0.2, 0.25) is 0 Å². The van der Waals surface area contributed by atoms with Crippen molar-refractivity contribution in [2.45, 2.75) is 0 Å². The second-order valence-corrected chi connectivity index (χ2v) is 7.69. The molecule has 1 amide bonds. The maximum atomic E-state index is 12.7. The van der Waals surface area contributed by atoms with E-state index in [1.165, 1.54) is 6.08 Å². The van der Waals surface area contributed by atoms with E-state index in [1.54, 1.807) is 66.9 Å². The number of anilines is 1. The Morgan fingerprint density at radius 1 is 0.568 bits per heavy atom. The summed E-state index contributed by atoms with van der Waals surface area (Å²) < 4.78 is 32.2. The molecule has 8 nitrogen and oxygen atoms in total. The zero-order chi connectivity index (χ0) is 26.8. The Morgan fingerprint density at radius 2 is 1.08 bits per heavy atom. The maximum absolute atomic E-state index is 12.7. The molecule has 3 aromatic carbocycles. The van der Waals surface area contributed by atoms with E-state index >= 15 is 0 Å². The summed E-state index contributed by atoms with van der Waals surface area (Å²) in [5, 5.41) is 2.88. The van der Waals surface area contributed by atoms with Gasteiger partial charge in [-0.3, -0.25) is 4.79 Å². The Morgan fingerprint density at radius 3 is 1.65 bits per heavy atom. The number of hydrogen-bond acceptors (Lipinski definition) is 7. The van der Waals surface area contributed by atoms with Crippen LogP contribution in [0.5, 0.6) is 34.5 Å². The van der Waals surface area contributed by atoms with Gasteiger partial charge in [-0.25, -0.2) is 0 Å². The first-order chi connectivity index (χ1) is 18.0. The van der Waals surface area contributed by atoms with Crippen molar-refractivity contribution in [3.8, 4) is 34.5 Å². The van der Waals surface area contributed by atoms with Crippen molar-refractivity contribution >= 4 is 29.8 Å². The largest absolute Gasteiger partial charge is 0.495 e. The minimum absolute atomic E-state index is 0.307. The maximum Gasteiger partial charge on any atom is 0.248 e. The molecular weight excluding hydrogens is 474 g/mol. The van der Waals surface area contributed by atoms with Gasteiger partial charge in [0.2, 0.25) is 11.7 Å². The first-order valence-electron chi connectivity index (χ1n) is 11.3. The summed E-state index contributed by atoms with van der Waals surface area (Å²) in [7, 11) is 9.39. The zero-order valence-electron chi connectivity index (χ0n) is 21.8. The van der Waals surface area contributed by atoms with Crippen LogP contribution in [0.15, 0.2) is 54.6 Å². The molecule has 0 aliphatic heterocycles. The molecule has 0 fully saturated rings. The molecule has 0 saturated carbocycles. The van der Waals surface area contributed by atoms with E-state index < -0.39 is 0 Å². The number of ether oxygens (including phenoxy) is 6.